The van der Waals surface area contributed by atoms with Crippen LogP contribution >= 0.6 is 11.6 Å². The van der Waals surface area contributed by atoms with Crippen LogP contribution in [0.2, 0.25) is 5.02 Å². The van der Waals surface area contributed by atoms with Crippen LogP contribution in [0.1, 0.15) is 17.4 Å². The molecule has 6 heteroatoms. The smallest absolute Gasteiger partial charge is 0.142 e. The van der Waals surface area contributed by atoms with Gasteiger partial charge in [-0.1, -0.05) is 17.7 Å². The van der Waals surface area contributed by atoms with Crippen LogP contribution in [0.15, 0.2) is 30.6 Å². The van der Waals surface area contributed by atoms with E-state index in [0.717, 1.165) is 11.4 Å². The van der Waals surface area contributed by atoms with E-state index in [2.05, 4.69) is 10.4 Å². The number of benzene rings is 1. The third-order valence-corrected chi connectivity index (χ3v) is 3.16. The van der Waals surface area contributed by atoms with Crippen LogP contribution in [-0.4, -0.2) is 9.55 Å². The van der Waals surface area contributed by atoms with Gasteiger partial charge in [0.2, 0.25) is 0 Å². The molecule has 3 N–H and O–H groups in total. The summed E-state index contributed by atoms with van der Waals surface area (Å²) in [4.78, 5) is 4.22. The average molecular weight is 269 g/mol. The van der Waals surface area contributed by atoms with Gasteiger partial charge in [0.15, 0.2) is 0 Å². The predicted octanol–water partition coefficient (Wildman–Crippen LogP) is 1.96. The molecule has 4 nitrogen and oxygen atoms in total. The molecule has 1 aromatic carbocycles. The van der Waals surface area contributed by atoms with Gasteiger partial charge in [-0.25, -0.2) is 9.37 Å². The van der Waals surface area contributed by atoms with E-state index in [4.69, 9.17) is 17.4 Å². The Bertz CT molecular complexity index is 541. The second kappa shape index (κ2) is 5.48. The molecular formula is C12H14ClFN4. The number of aromatic nitrogens is 2. The molecular weight excluding hydrogens is 255 g/mol. The monoisotopic (exact) mass is 268 g/mol. The number of hydrazine groups is 1. The van der Waals surface area contributed by atoms with E-state index in [1.54, 1.807) is 12.3 Å². The fraction of sp³-hybridized carbons (Fsp3) is 0.250. The fourth-order valence-electron chi connectivity index (χ4n) is 1.78. The van der Waals surface area contributed by atoms with Crippen molar-refractivity contribution in [3.05, 3.63) is 52.8 Å². The molecule has 96 valence electrons. The first-order chi connectivity index (χ1) is 8.61. The lowest BCUT2D eigenvalue weighted by Gasteiger charge is -2.16. The largest absolute Gasteiger partial charge is 0.338 e. The normalized spacial score (nSPS) is 12.7. The molecule has 1 atom stereocenters. The molecule has 0 fully saturated rings. The van der Waals surface area contributed by atoms with Crippen LogP contribution in [0, 0.1) is 5.82 Å². The third-order valence-electron chi connectivity index (χ3n) is 2.85. The van der Waals surface area contributed by atoms with Crippen LogP contribution in [0.3, 0.4) is 0 Å². The Hall–Kier alpha value is -1.43. The van der Waals surface area contributed by atoms with Gasteiger partial charge in [-0.15, -0.1) is 0 Å². The highest BCUT2D eigenvalue weighted by Gasteiger charge is 2.14. The van der Waals surface area contributed by atoms with Gasteiger partial charge in [-0.2, -0.15) is 0 Å². The average Bonchev–Trinajstić information content (AvgIpc) is 2.75. The van der Waals surface area contributed by atoms with E-state index < -0.39 is 5.82 Å². The first-order valence-electron chi connectivity index (χ1n) is 5.49. The highest BCUT2D eigenvalue weighted by molar-refractivity contribution is 6.30. The number of hydrogen-bond acceptors (Lipinski definition) is 3. The molecule has 0 saturated carbocycles. The number of imidazole rings is 1. The lowest BCUT2D eigenvalue weighted by atomic mass is 10.0. The quantitative estimate of drug-likeness (QED) is 0.658. The third kappa shape index (κ3) is 2.69. The molecule has 1 aromatic heterocycles. The Morgan fingerprint density at radius 2 is 2.33 bits per heavy atom. The van der Waals surface area contributed by atoms with Crippen LogP contribution in [0.25, 0.3) is 0 Å². The molecule has 0 amide bonds. The summed E-state index contributed by atoms with van der Waals surface area (Å²) in [7, 11) is 1.90. The van der Waals surface area contributed by atoms with Crippen molar-refractivity contribution in [3.63, 3.8) is 0 Å². The van der Waals surface area contributed by atoms with Gasteiger partial charge in [0, 0.05) is 25.9 Å². The maximum absolute atomic E-state index is 13.4. The van der Waals surface area contributed by atoms with Crippen LogP contribution in [-0.2, 0) is 13.5 Å². The minimum absolute atomic E-state index is 0.103. The maximum Gasteiger partial charge on any atom is 0.142 e. The van der Waals surface area contributed by atoms with Crippen LogP contribution < -0.4 is 11.3 Å². The highest BCUT2D eigenvalue weighted by Crippen LogP contribution is 2.22. The van der Waals surface area contributed by atoms with E-state index in [1.165, 1.54) is 12.1 Å². The van der Waals surface area contributed by atoms with E-state index in [-0.39, 0.29) is 11.1 Å². The molecule has 0 bridgehead atoms. The van der Waals surface area contributed by atoms with E-state index >= 15 is 0 Å². The molecule has 0 aliphatic carbocycles. The minimum atomic E-state index is -0.450. The summed E-state index contributed by atoms with van der Waals surface area (Å²) in [5, 5.41) is 0.103. The number of nitrogens with two attached hydrogens (primary N) is 1. The Morgan fingerprint density at radius 1 is 1.56 bits per heavy atom. The van der Waals surface area contributed by atoms with Crippen LogP contribution in [0.4, 0.5) is 4.39 Å². The number of rotatable bonds is 4. The zero-order valence-electron chi connectivity index (χ0n) is 9.90. The Kier molecular flexibility index (Phi) is 3.96. The van der Waals surface area contributed by atoms with Gasteiger partial charge in [-0.05, 0) is 17.7 Å². The maximum atomic E-state index is 13.4. The van der Waals surface area contributed by atoms with Gasteiger partial charge in [0.25, 0.3) is 0 Å². The van der Waals surface area contributed by atoms with Crippen molar-refractivity contribution < 1.29 is 4.39 Å². The van der Waals surface area contributed by atoms with E-state index in [0.29, 0.717) is 6.42 Å². The summed E-state index contributed by atoms with van der Waals surface area (Å²) in [6.45, 7) is 0. The van der Waals surface area contributed by atoms with Gasteiger partial charge >= 0.3 is 0 Å². The Labute approximate surface area is 110 Å². The fourth-order valence-corrected chi connectivity index (χ4v) is 1.90. The second-order valence-electron chi connectivity index (χ2n) is 4.05. The number of nitrogens with one attached hydrogen (secondary N) is 1. The van der Waals surface area contributed by atoms with Gasteiger partial charge < -0.3 is 4.57 Å². The van der Waals surface area contributed by atoms with Crippen molar-refractivity contribution >= 4 is 11.6 Å². The summed E-state index contributed by atoms with van der Waals surface area (Å²) in [6.07, 6.45) is 4.14. The lowest BCUT2D eigenvalue weighted by Crippen LogP contribution is -2.30. The summed E-state index contributed by atoms with van der Waals surface area (Å²) in [5.74, 6) is 5.94. The summed E-state index contributed by atoms with van der Waals surface area (Å²) in [5.41, 5.74) is 3.41. The van der Waals surface area contributed by atoms with Crippen molar-refractivity contribution in [2.45, 2.75) is 12.5 Å². The Balaban J connectivity index is 2.23. The molecule has 2 rings (SSSR count). The van der Waals surface area contributed by atoms with E-state index in [1.807, 2.05) is 17.8 Å². The van der Waals surface area contributed by atoms with Gasteiger partial charge in [0.1, 0.15) is 11.6 Å². The van der Waals surface area contributed by atoms with Crippen molar-refractivity contribution in [2.24, 2.45) is 12.9 Å². The standard InChI is InChI=1S/C12H14ClFN4/c1-18-5-4-16-12(18)7-11(17-15)8-2-3-9(13)10(14)6-8/h2-6,11,17H,7,15H2,1H3. The highest BCUT2D eigenvalue weighted by atomic mass is 35.5. The topological polar surface area (TPSA) is 55.9 Å². The molecule has 0 aliphatic heterocycles. The van der Waals surface area contributed by atoms with Crippen molar-refractivity contribution in [2.75, 3.05) is 0 Å². The predicted molar refractivity (Wildman–Crippen MR) is 68.4 cm³/mol. The SMILES string of the molecule is Cn1ccnc1CC(NN)c1ccc(Cl)c(F)c1. The molecule has 18 heavy (non-hydrogen) atoms. The van der Waals surface area contributed by atoms with Crippen molar-refractivity contribution in [1.82, 2.24) is 15.0 Å². The van der Waals surface area contributed by atoms with Gasteiger partial charge in [0.05, 0.1) is 11.1 Å². The van der Waals surface area contributed by atoms with Crippen molar-refractivity contribution in [1.29, 1.82) is 0 Å². The molecule has 0 radical (unpaired) electrons. The van der Waals surface area contributed by atoms with Gasteiger partial charge in [-0.3, -0.25) is 11.3 Å². The number of halogens is 2. The minimum Gasteiger partial charge on any atom is -0.338 e. The summed E-state index contributed by atoms with van der Waals surface area (Å²) in [6, 6.07) is 4.45. The molecule has 0 spiro atoms. The Morgan fingerprint density at radius 3 is 2.89 bits per heavy atom. The van der Waals surface area contributed by atoms with Crippen molar-refractivity contribution in [3.8, 4) is 0 Å². The molecule has 0 aliphatic rings. The lowest BCUT2D eigenvalue weighted by molar-refractivity contribution is 0.525. The molecule has 2 aromatic rings. The first-order valence-corrected chi connectivity index (χ1v) is 5.87. The number of hydrogen-bond donors (Lipinski definition) is 2. The summed E-state index contributed by atoms with van der Waals surface area (Å²) < 4.78 is 15.3. The first kappa shape index (κ1) is 13.0. The molecule has 1 unspecified atom stereocenters. The number of nitrogens with zero attached hydrogens (tertiary/aromatic N) is 2. The van der Waals surface area contributed by atoms with E-state index in [9.17, 15) is 4.39 Å². The number of aryl methyl sites for hydroxylation is 1. The summed E-state index contributed by atoms with van der Waals surface area (Å²) >= 11 is 5.65. The second-order valence-corrected chi connectivity index (χ2v) is 4.46. The zero-order valence-corrected chi connectivity index (χ0v) is 10.7. The van der Waals surface area contributed by atoms with Crippen LogP contribution in [0.5, 0.6) is 0 Å². The molecule has 1 heterocycles. The molecule has 0 saturated heterocycles. The zero-order chi connectivity index (χ0) is 13.1.